The zero-order valence-corrected chi connectivity index (χ0v) is 13.8. The highest BCUT2D eigenvalue weighted by Gasteiger charge is 2.06. The average Bonchev–Trinajstić information content (AvgIpc) is 2.55. The Bertz CT molecular complexity index is 531. The van der Waals surface area contributed by atoms with Crippen LogP contribution in [0.4, 0.5) is 0 Å². The second-order valence-electron chi connectivity index (χ2n) is 4.90. The maximum atomic E-state index is 11.8. The minimum atomic E-state index is -0.288. The molecular weight excluding hydrogens is 320 g/mol. The highest BCUT2D eigenvalue weighted by molar-refractivity contribution is 6.30. The predicted molar refractivity (Wildman–Crippen MR) is 87.3 cm³/mol. The van der Waals surface area contributed by atoms with Crippen LogP contribution in [0.1, 0.15) is 36.0 Å². The Kier molecular flexibility index (Phi) is 8.75. The van der Waals surface area contributed by atoms with Gasteiger partial charge in [0.2, 0.25) is 5.91 Å². The van der Waals surface area contributed by atoms with Gasteiger partial charge in [0.05, 0.1) is 7.11 Å². The normalized spacial score (nSPS) is 10.0. The van der Waals surface area contributed by atoms with Gasteiger partial charge >= 0.3 is 5.97 Å². The molecule has 7 heteroatoms. The molecule has 1 rings (SSSR count). The maximum absolute atomic E-state index is 11.8. The van der Waals surface area contributed by atoms with Crippen molar-refractivity contribution in [3.63, 3.8) is 0 Å². The molecule has 23 heavy (non-hydrogen) atoms. The quantitative estimate of drug-likeness (QED) is 0.531. The van der Waals surface area contributed by atoms with Crippen LogP contribution in [-0.4, -0.2) is 38.0 Å². The molecule has 1 aromatic rings. The molecule has 0 spiro atoms. The van der Waals surface area contributed by atoms with E-state index in [2.05, 4.69) is 15.4 Å². The number of halogens is 1. The summed E-state index contributed by atoms with van der Waals surface area (Å²) < 4.78 is 4.50. The molecular formula is C16H21ClN2O4. The summed E-state index contributed by atoms with van der Waals surface area (Å²) >= 11 is 5.75. The Labute approximate surface area is 140 Å². The van der Waals surface area contributed by atoms with E-state index in [0.717, 1.165) is 0 Å². The zero-order valence-electron chi connectivity index (χ0n) is 13.1. The van der Waals surface area contributed by atoms with Crippen molar-refractivity contribution < 1.29 is 19.1 Å². The topological polar surface area (TPSA) is 84.5 Å². The monoisotopic (exact) mass is 340 g/mol. The summed E-state index contributed by atoms with van der Waals surface area (Å²) in [4.78, 5) is 34.2. The molecule has 0 aromatic heterocycles. The van der Waals surface area contributed by atoms with Gasteiger partial charge in [0, 0.05) is 36.5 Å². The van der Waals surface area contributed by atoms with Crippen LogP contribution < -0.4 is 10.6 Å². The third-order valence-electron chi connectivity index (χ3n) is 3.08. The van der Waals surface area contributed by atoms with Crippen molar-refractivity contribution in [1.29, 1.82) is 0 Å². The van der Waals surface area contributed by atoms with Gasteiger partial charge in [-0.05, 0) is 37.1 Å². The number of carbonyl (C=O) groups is 3. The fourth-order valence-electron chi connectivity index (χ4n) is 1.81. The lowest BCUT2D eigenvalue weighted by Gasteiger charge is -2.06. The summed E-state index contributed by atoms with van der Waals surface area (Å²) in [5, 5.41) is 6.03. The van der Waals surface area contributed by atoms with Crippen LogP contribution in [0.2, 0.25) is 5.02 Å². The third kappa shape index (κ3) is 8.21. The van der Waals surface area contributed by atoms with Crippen molar-refractivity contribution in [2.45, 2.75) is 25.7 Å². The van der Waals surface area contributed by atoms with Gasteiger partial charge in [-0.1, -0.05) is 11.6 Å². The van der Waals surface area contributed by atoms with E-state index in [1.54, 1.807) is 24.3 Å². The number of carbonyl (C=O) groups excluding carboxylic acids is 3. The highest BCUT2D eigenvalue weighted by atomic mass is 35.5. The highest BCUT2D eigenvalue weighted by Crippen LogP contribution is 2.09. The molecule has 0 radical (unpaired) electrons. The smallest absolute Gasteiger partial charge is 0.305 e. The van der Waals surface area contributed by atoms with Gasteiger partial charge in [0.15, 0.2) is 0 Å². The van der Waals surface area contributed by atoms with Gasteiger partial charge in [0.1, 0.15) is 0 Å². The molecule has 1 aromatic carbocycles. The lowest BCUT2D eigenvalue weighted by Crippen LogP contribution is -2.28. The van der Waals surface area contributed by atoms with Crippen molar-refractivity contribution in [3.8, 4) is 0 Å². The molecule has 0 aliphatic heterocycles. The van der Waals surface area contributed by atoms with Gasteiger partial charge in [0.25, 0.3) is 5.91 Å². The summed E-state index contributed by atoms with van der Waals surface area (Å²) in [6, 6.07) is 6.59. The van der Waals surface area contributed by atoms with E-state index in [9.17, 15) is 14.4 Å². The summed E-state index contributed by atoms with van der Waals surface area (Å²) in [6.45, 7) is 0.849. The summed E-state index contributed by atoms with van der Waals surface area (Å²) in [6.07, 6.45) is 1.70. The number of methoxy groups -OCH3 is 1. The van der Waals surface area contributed by atoms with Crippen molar-refractivity contribution in [2.24, 2.45) is 0 Å². The van der Waals surface area contributed by atoms with Crippen LogP contribution in [0, 0.1) is 0 Å². The second-order valence-corrected chi connectivity index (χ2v) is 5.33. The van der Waals surface area contributed by atoms with E-state index in [-0.39, 0.29) is 24.2 Å². The standard InChI is InChI=1S/C16H21ClN2O4/c1-23-15(21)5-3-10-18-14(20)4-2-11-19-16(22)12-6-8-13(17)9-7-12/h6-9H,2-5,10-11H2,1H3,(H,18,20)(H,19,22). The van der Waals surface area contributed by atoms with Crippen LogP contribution in [0.3, 0.4) is 0 Å². The first-order valence-electron chi connectivity index (χ1n) is 7.40. The molecule has 6 nitrogen and oxygen atoms in total. The first-order chi connectivity index (χ1) is 11.0. The van der Waals surface area contributed by atoms with Gasteiger partial charge in [-0.15, -0.1) is 0 Å². The van der Waals surface area contributed by atoms with Crippen LogP contribution in [0.5, 0.6) is 0 Å². The molecule has 0 aliphatic rings. The number of hydrogen-bond acceptors (Lipinski definition) is 4. The van der Waals surface area contributed by atoms with Crippen molar-refractivity contribution in [1.82, 2.24) is 10.6 Å². The van der Waals surface area contributed by atoms with Crippen LogP contribution in [0.15, 0.2) is 24.3 Å². The lowest BCUT2D eigenvalue weighted by molar-refractivity contribution is -0.140. The third-order valence-corrected chi connectivity index (χ3v) is 3.33. The number of rotatable bonds is 9. The van der Waals surface area contributed by atoms with E-state index in [4.69, 9.17) is 11.6 Å². The average molecular weight is 341 g/mol. The molecule has 2 amide bonds. The Morgan fingerprint density at radius 2 is 1.61 bits per heavy atom. The molecule has 0 atom stereocenters. The SMILES string of the molecule is COC(=O)CCCNC(=O)CCCNC(=O)c1ccc(Cl)cc1. The Balaban J connectivity index is 2.09. The molecule has 2 N–H and O–H groups in total. The van der Waals surface area contributed by atoms with Crippen molar-refractivity contribution in [2.75, 3.05) is 20.2 Å². The van der Waals surface area contributed by atoms with Crippen LogP contribution >= 0.6 is 11.6 Å². The zero-order chi connectivity index (χ0) is 17.1. The fraction of sp³-hybridized carbons (Fsp3) is 0.438. The molecule has 0 saturated heterocycles. The molecule has 0 heterocycles. The first kappa shape index (κ1) is 19.0. The van der Waals surface area contributed by atoms with E-state index >= 15 is 0 Å². The first-order valence-corrected chi connectivity index (χ1v) is 7.78. The lowest BCUT2D eigenvalue weighted by atomic mass is 10.2. The predicted octanol–water partition coefficient (Wildman–Crippen LogP) is 1.92. The number of esters is 1. The molecule has 0 saturated carbocycles. The number of amides is 2. The van der Waals surface area contributed by atoms with E-state index in [1.807, 2.05) is 0 Å². The summed E-state index contributed by atoms with van der Waals surface area (Å²) in [7, 11) is 1.33. The molecule has 0 aliphatic carbocycles. The van der Waals surface area contributed by atoms with E-state index < -0.39 is 0 Å². The minimum absolute atomic E-state index is 0.101. The number of benzene rings is 1. The minimum Gasteiger partial charge on any atom is -0.469 e. The molecule has 126 valence electrons. The fourth-order valence-corrected chi connectivity index (χ4v) is 1.93. The summed E-state index contributed by atoms with van der Waals surface area (Å²) in [5.41, 5.74) is 0.529. The van der Waals surface area contributed by atoms with E-state index in [1.165, 1.54) is 7.11 Å². The summed E-state index contributed by atoms with van der Waals surface area (Å²) in [5.74, 6) is -0.583. The Morgan fingerprint density at radius 3 is 2.26 bits per heavy atom. The van der Waals surface area contributed by atoms with Gasteiger partial charge in [-0.25, -0.2) is 0 Å². The van der Waals surface area contributed by atoms with Crippen molar-refractivity contribution in [3.05, 3.63) is 34.9 Å². The Morgan fingerprint density at radius 1 is 1.00 bits per heavy atom. The van der Waals surface area contributed by atoms with Crippen molar-refractivity contribution >= 4 is 29.4 Å². The largest absolute Gasteiger partial charge is 0.469 e. The molecule has 0 fully saturated rings. The Hall–Kier alpha value is -2.08. The second kappa shape index (κ2) is 10.6. The number of ether oxygens (including phenoxy) is 1. The van der Waals surface area contributed by atoms with Crippen LogP contribution in [-0.2, 0) is 14.3 Å². The van der Waals surface area contributed by atoms with Gasteiger partial charge in [-0.3, -0.25) is 14.4 Å². The van der Waals surface area contributed by atoms with Gasteiger partial charge < -0.3 is 15.4 Å². The number of nitrogens with one attached hydrogen (secondary N) is 2. The van der Waals surface area contributed by atoms with Gasteiger partial charge in [-0.2, -0.15) is 0 Å². The van der Waals surface area contributed by atoms with E-state index in [0.29, 0.717) is 42.9 Å². The number of hydrogen-bond donors (Lipinski definition) is 2. The molecule has 0 unspecified atom stereocenters. The van der Waals surface area contributed by atoms with Crippen LogP contribution in [0.25, 0.3) is 0 Å². The maximum Gasteiger partial charge on any atom is 0.305 e. The molecule has 0 bridgehead atoms.